The maximum atomic E-state index is 5.96. The highest BCUT2D eigenvalue weighted by Gasteiger charge is 2.64. The number of nitrogens with one attached hydrogen (secondary N) is 1. The second-order valence-corrected chi connectivity index (χ2v) is 9.06. The highest BCUT2D eigenvalue weighted by Crippen LogP contribution is 2.61. The van der Waals surface area contributed by atoms with E-state index in [1.807, 2.05) is 6.08 Å². The first-order valence-corrected chi connectivity index (χ1v) is 10.7. The van der Waals surface area contributed by atoms with Crippen molar-refractivity contribution in [1.82, 2.24) is 19.7 Å². The zero-order valence-electron chi connectivity index (χ0n) is 16.7. The Balaban J connectivity index is 1.42. The summed E-state index contributed by atoms with van der Waals surface area (Å²) in [5, 5.41) is 10.6. The van der Waals surface area contributed by atoms with Gasteiger partial charge < -0.3 is 14.6 Å². The van der Waals surface area contributed by atoms with Crippen molar-refractivity contribution in [2.45, 2.75) is 32.2 Å². The van der Waals surface area contributed by atoms with E-state index < -0.39 is 0 Å². The third kappa shape index (κ3) is 2.32. The van der Waals surface area contributed by atoms with Crippen LogP contribution in [0.3, 0.4) is 0 Å². The first-order valence-electron chi connectivity index (χ1n) is 10.7. The predicted octanol–water partition coefficient (Wildman–Crippen LogP) is 4.01. The first kappa shape index (κ1) is 17.3. The molecule has 2 unspecified atom stereocenters. The van der Waals surface area contributed by atoms with Crippen LogP contribution in [0.1, 0.15) is 25.7 Å². The minimum Gasteiger partial charge on any atom is -0.380 e. The number of aromatic amines is 1. The molecular weight excluding hydrogens is 362 g/mol. The summed E-state index contributed by atoms with van der Waals surface area (Å²) < 4.78 is 8.26. The Kier molecular flexibility index (Phi) is 3.69. The van der Waals surface area contributed by atoms with Crippen LogP contribution >= 0.6 is 0 Å². The molecule has 3 aromatic rings. The van der Waals surface area contributed by atoms with Crippen molar-refractivity contribution in [3.05, 3.63) is 43.1 Å². The first-order chi connectivity index (χ1) is 14.3. The second kappa shape index (κ2) is 6.20. The van der Waals surface area contributed by atoms with Gasteiger partial charge in [0.1, 0.15) is 0 Å². The van der Waals surface area contributed by atoms with Crippen LogP contribution in [-0.4, -0.2) is 46.1 Å². The standard InChI is InChI=1S/C23H27N5O/c1-2-3-11-28-20(18-12-24-19-8-5-4-7-17(18)19)25-26-21(28)27-13-22-9-6-10-23(22,14-27)16-29-15-22/h2,4-5,7-8,12,24H,1,3,6,9-11,13-16H2. The molecule has 150 valence electrons. The number of benzene rings is 1. The molecule has 2 aliphatic heterocycles. The second-order valence-electron chi connectivity index (χ2n) is 9.06. The summed E-state index contributed by atoms with van der Waals surface area (Å²) in [5.41, 5.74) is 2.86. The summed E-state index contributed by atoms with van der Waals surface area (Å²) >= 11 is 0. The van der Waals surface area contributed by atoms with E-state index in [2.05, 4.69) is 56.6 Å². The highest BCUT2D eigenvalue weighted by molar-refractivity contribution is 5.93. The molecule has 1 aromatic carbocycles. The van der Waals surface area contributed by atoms with E-state index in [1.54, 1.807) is 0 Å². The Morgan fingerprint density at radius 3 is 2.72 bits per heavy atom. The van der Waals surface area contributed by atoms with Crippen molar-refractivity contribution in [3.63, 3.8) is 0 Å². The predicted molar refractivity (Wildman–Crippen MR) is 114 cm³/mol. The lowest BCUT2D eigenvalue weighted by molar-refractivity contribution is 0.144. The molecule has 4 heterocycles. The van der Waals surface area contributed by atoms with Crippen LogP contribution in [0.2, 0.25) is 0 Å². The van der Waals surface area contributed by atoms with Crippen molar-refractivity contribution in [2.75, 3.05) is 31.2 Å². The van der Waals surface area contributed by atoms with Crippen LogP contribution in [0.15, 0.2) is 43.1 Å². The van der Waals surface area contributed by atoms with Gasteiger partial charge in [-0.3, -0.25) is 4.57 Å². The van der Waals surface area contributed by atoms with Gasteiger partial charge in [0.25, 0.3) is 0 Å². The summed E-state index contributed by atoms with van der Waals surface area (Å²) in [6, 6.07) is 8.38. The van der Waals surface area contributed by atoms with Crippen molar-refractivity contribution >= 4 is 16.9 Å². The van der Waals surface area contributed by atoms with Gasteiger partial charge in [0, 0.05) is 53.1 Å². The largest absolute Gasteiger partial charge is 0.380 e. The summed E-state index contributed by atoms with van der Waals surface area (Å²) in [7, 11) is 0. The smallest absolute Gasteiger partial charge is 0.227 e. The number of nitrogens with zero attached hydrogens (tertiary/aromatic N) is 4. The lowest BCUT2D eigenvalue weighted by Gasteiger charge is -2.28. The zero-order valence-corrected chi connectivity index (χ0v) is 16.7. The molecule has 0 spiro atoms. The summed E-state index contributed by atoms with van der Waals surface area (Å²) in [6.07, 6.45) is 8.82. The van der Waals surface area contributed by atoms with Crippen molar-refractivity contribution in [1.29, 1.82) is 0 Å². The fraction of sp³-hybridized carbons (Fsp3) is 0.478. The van der Waals surface area contributed by atoms with Crippen LogP contribution in [0, 0.1) is 10.8 Å². The Hall–Kier alpha value is -2.60. The Bertz CT molecular complexity index is 1050. The van der Waals surface area contributed by atoms with Gasteiger partial charge in [-0.2, -0.15) is 0 Å². The number of fused-ring (bicyclic) bond motifs is 1. The van der Waals surface area contributed by atoms with E-state index in [0.717, 1.165) is 62.1 Å². The van der Waals surface area contributed by atoms with Crippen LogP contribution in [0.4, 0.5) is 5.95 Å². The molecule has 2 atom stereocenters. The number of hydrogen-bond donors (Lipinski definition) is 1. The Labute approximate surface area is 170 Å². The molecule has 29 heavy (non-hydrogen) atoms. The van der Waals surface area contributed by atoms with Gasteiger partial charge in [0.15, 0.2) is 5.82 Å². The third-order valence-corrected chi connectivity index (χ3v) is 7.58. The maximum absolute atomic E-state index is 5.96. The zero-order chi connectivity index (χ0) is 19.5. The maximum Gasteiger partial charge on any atom is 0.227 e. The van der Waals surface area contributed by atoms with E-state index in [-0.39, 0.29) is 0 Å². The minimum absolute atomic E-state index is 0.309. The van der Waals surface area contributed by atoms with Crippen LogP contribution < -0.4 is 4.90 Å². The normalized spacial score (nSPS) is 28.2. The molecule has 2 aromatic heterocycles. The van der Waals surface area contributed by atoms with Crippen molar-refractivity contribution in [3.8, 4) is 11.4 Å². The molecule has 1 N–H and O–H groups in total. The SMILES string of the molecule is C=CCCn1c(-c2c[nH]c3ccccc23)nnc1N1CC23CCCC2(COC3)C1. The average Bonchev–Trinajstić information content (AvgIpc) is 3.47. The number of ether oxygens (including phenoxy) is 1. The van der Waals surface area contributed by atoms with Gasteiger partial charge in [0.05, 0.1) is 13.2 Å². The number of anilines is 1. The number of hydrogen-bond acceptors (Lipinski definition) is 4. The molecule has 0 bridgehead atoms. The fourth-order valence-corrected chi connectivity index (χ4v) is 6.11. The van der Waals surface area contributed by atoms with Gasteiger partial charge in [0.2, 0.25) is 5.95 Å². The number of rotatable bonds is 5. The highest BCUT2D eigenvalue weighted by atomic mass is 16.5. The molecule has 3 fully saturated rings. The van der Waals surface area contributed by atoms with E-state index in [9.17, 15) is 0 Å². The van der Waals surface area contributed by atoms with Gasteiger partial charge in [-0.15, -0.1) is 16.8 Å². The van der Waals surface area contributed by atoms with Crippen molar-refractivity contribution < 1.29 is 4.74 Å². The van der Waals surface area contributed by atoms with Gasteiger partial charge in [-0.05, 0) is 25.3 Å². The topological polar surface area (TPSA) is 59.0 Å². The molecule has 0 radical (unpaired) electrons. The van der Waals surface area contributed by atoms with E-state index in [1.165, 1.54) is 24.6 Å². The molecule has 6 nitrogen and oxygen atoms in total. The lowest BCUT2D eigenvalue weighted by atomic mass is 9.71. The Morgan fingerprint density at radius 2 is 1.93 bits per heavy atom. The number of aromatic nitrogens is 4. The monoisotopic (exact) mass is 389 g/mol. The molecule has 6 rings (SSSR count). The molecule has 6 heteroatoms. The molecule has 0 amide bonds. The number of para-hydroxylation sites is 1. The summed E-state index contributed by atoms with van der Waals surface area (Å²) in [6.45, 7) is 8.65. The quantitative estimate of drug-likeness (QED) is 0.670. The average molecular weight is 390 g/mol. The molecule has 1 saturated carbocycles. The lowest BCUT2D eigenvalue weighted by Crippen LogP contribution is -2.34. The van der Waals surface area contributed by atoms with Crippen LogP contribution in [-0.2, 0) is 11.3 Å². The van der Waals surface area contributed by atoms with Gasteiger partial charge in [-0.1, -0.05) is 30.7 Å². The van der Waals surface area contributed by atoms with Crippen molar-refractivity contribution in [2.24, 2.45) is 10.8 Å². The van der Waals surface area contributed by atoms with Crippen LogP contribution in [0.5, 0.6) is 0 Å². The minimum atomic E-state index is 0.309. The van der Waals surface area contributed by atoms with E-state index in [4.69, 9.17) is 9.84 Å². The molecule has 1 aliphatic carbocycles. The van der Waals surface area contributed by atoms with E-state index >= 15 is 0 Å². The third-order valence-electron chi connectivity index (χ3n) is 7.58. The molecular formula is C23H27N5O. The van der Waals surface area contributed by atoms with Gasteiger partial charge >= 0.3 is 0 Å². The summed E-state index contributed by atoms with van der Waals surface area (Å²) in [5.74, 6) is 1.94. The Morgan fingerprint density at radius 1 is 1.14 bits per heavy atom. The van der Waals surface area contributed by atoms with Crippen LogP contribution in [0.25, 0.3) is 22.3 Å². The molecule has 2 saturated heterocycles. The molecule has 3 aliphatic rings. The van der Waals surface area contributed by atoms with E-state index in [0.29, 0.717) is 10.8 Å². The van der Waals surface area contributed by atoms with Gasteiger partial charge in [-0.25, -0.2) is 0 Å². The summed E-state index contributed by atoms with van der Waals surface area (Å²) in [4.78, 5) is 5.86. The fourth-order valence-electron chi connectivity index (χ4n) is 6.11. The number of allylic oxidation sites excluding steroid dienone is 1. The number of H-pyrrole nitrogens is 1.